The van der Waals surface area contributed by atoms with Crippen molar-refractivity contribution in [2.75, 3.05) is 0 Å². The van der Waals surface area contributed by atoms with Gasteiger partial charge in [0.15, 0.2) is 0 Å². The highest BCUT2D eigenvalue weighted by Crippen LogP contribution is 2.25. The van der Waals surface area contributed by atoms with Gasteiger partial charge in [-0.3, -0.25) is 4.79 Å². The summed E-state index contributed by atoms with van der Waals surface area (Å²) >= 11 is 9.16. The van der Waals surface area contributed by atoms with Crippen LogP contribution in [-0.4, -0.2) is 17.3 Å². The standard InChI is InChI=1S/C12H12BrClFNO/c13-11-7(3-1-5-9(11)15)12(17)16-10-6-2-4-8(10)14/h1,3,5,8,10H,2,4,6H2,(H,16,17). The number of alkyl halides is 1. The first kappa shape index (κ1) is 12.8. The summed E-state index contributed by atoms with van der Waals surface area (Å²) in [5.74, 6) is -0.722. The lowest BCUT2D eigenvalue weighted by molar-refractivity contribution is 0.0937. The van der Waals surface area contributed by atoms with Crippen molar-refractivity contribution in [2.45, 2.75) is 30.7 Å². The first-order valence-electron chi connectivity index (χ1n) is 5.48. The van der Waals surface area contributed by atoms with Gasteiger partial charge < -0.3 is 5.32 Å². The van der Waals surface area contributed by atoms with E-state index in [1.165, 1.54) is 12.1 Å². The molecule has 0 radical (unpaired) electrons. The molecule has 1 amide bonds. The minimum atomic E-state index is -0.438. The van der Waals surface area contributed by atoms with E-state index in [9.17, 15) is 9.18 Å². The van der Waals surface area contributed by atoms with Crippen LogP contribution in [0.4, 0.5) is 4.39 Å². The van der Waals surface area contributed by atoms with Gasteiger partial charge in [0, 0.05) is 6.04 Å². The second-order valence-electron chi connectivity index (χ2n) is 4.13. The SMILES string of the molecule is O=C(NC1CCCC1Cl)c1cccc(F)c1Br. The second kappa shape index (κ2) is 5.36. The van der Waals surface area contributed by atoms with Crippen LogP contribution in [-0.2, 0) is 0 Å². The first-order valence-corrected chi connectivity index (χ1v) is 6.71. The molecule has 1 aromatic rings. The highest BCUT2D eigenvalue weighted by Gasteiger charge is 2.27. The van der Waals surface area contributed by atoms with Crippen molar-refractivity contribution >= 4 is 33.4 Å². The van der Waals surface area contributed by atoms with Crippen LogP contribution in [0.3, 0.4) is 0 Å². The monoisotopic (exact) mass is 319 g/mol. The number of halogens is 3. The number of carbonyl (C=O) groups excluding carboxylic acids is 1. The Morgan fingerprint density at radius 2 is 2.24 bits per heavy atom. The Morgan fingerprint density at radius 1 is 1.47 bits per heavy atom. The van der Waals surface area contributed by atoms with Crippen LogP contribution in [0.5, 0.6) is 0 Å². The molecule has 1 aromatic carbocycles. The zero-order chi connectivity index (χ0) is 12.4. The Bertz CT molecular complexity index is 441. The topological polar surface area (TPSA) is 29.1 Å². The van der Waals surface area contributed by atoms with Crippen LogP contribution in [0, 0.1) is 5.82 Å². The number of rotatable bonds is 2. The molecule has 1 aliphatic rings. The zero-order valence-electron chi connectivity index (χ0n) is 9.05. The lowest BCUT2D eigenvalue weighted by Crippen LogP contribution is -2.38. The normalized spacial score (nSPS) is 23.7. The fourth-order valence-electron chi connectivity index (χ4n) is 2.00. The van der Waals surface area contributed by atoms with Gasteiger partial charge in [-0.15, -0.1) is 11.6 Å². The molecule has 2 unspecified atom stereocenters. The zero-order valence-corrected chi connectivity index (χ0v) is 11.4. The Hall–Kier alpha value is -0.610. The lowest BCUT2D eigenvalue weighted by Gasteiger charge is -2.16. The van der Waals surface area contributed by atoms with E-state index in [-0.39, 0.29) is 21.8 Å². The molecule has 0 aromatic heterocycles. The van der Waals surface area contributed by atoms with E-state index in [1.54, 1.807) is 6.07 Å². The Labute approximate surface area is 113 Å². The molecule has 2 atom stereocenters. The number of nitrogens with one attached hydrogen (secondary N) is 1. The maximum absolute atomic E-state index is 13.3. The molecule has 0 aliphatic heterocycles. The number of amides is 1. The third-order valence-electron chi connectivity index (χ3n) is 2.94. The molecule has 0 saturated heterocycles. The summed E-state index contributed by atoms with van der Waals surface area (Å²) in [5, 5.41) is 2.82. The fourth-order valence-corrected chi connectivity index (χ4v) is 2.79. The van der Waals surface area contributed by atoms with Gasteiger partial charge in [0.25, 0.3) is 5.91 Å². The Kier molecular flexibility index (Phi) is 4.05. The minimum Gasteiger partial charge on any atom is -0.348 e. The van der Waals surface area contributed by atoms with Crippen molar-refractivity contribution in [1.29, 1.82) is 0 Å². The molecular weight excluding hydrogens is 308 g/mol. The van der Waals surface area contributed by atoms with Crippen molar-refractivity contribution in [2.24, 2.45) is 0 Å². The summed E-state index contributed by atoms with van der Waals surface area (Å²) in [5.41, 5.74) is 0.306. The molecule has 92 valence electrons. The summed E-state index contributed by atoms with van der Waals surface area (Å²) in [7, 11) is 0. The van der Waals surface area contributed by atoms with Gasteiger partial charge in [-0.25, -0.2) is 4.39 Å². The number of carbonyl (C=O) groups is 1. The molecule has 1 aliphatic carbocycles. The Morgan fingerprint density at radius 3 is 2.88 bits per heavy atom. The van der Waals surface area contributed by atoms with Crippen LogP contribution < -0.4 is 5.32 Å². The number of hydrogen-bond acceptors (Lipinski definition) is 1. The van der Waals surface area contributed by atoms with E-state index in [0.29, 0.717) is 5.56 Å². The quantitative estimate of drug-likeness (QED) is 0.831. The molecule has 5 heteroatoms. The summed E-state index contributed by atoms with van der Waals surface area (Å²) < 4.78 is 13.5. The van der Waals surface area contributed by atoms with Crippen molar-refractivity contribution in [3.05, 3.63) is 34.1 Å². The van der Waals surface area contributed by atoms with Crippen molar-refractivity contribution in [3.63, 3.8) is 0 Å². The van der Waals surface area contributed by atoms with Crippen LogP contribution in [0.1, 0.15) is 29.6 Å². The molecule has 2 nitrogen and oxygen atoms in total. The molecule has 2 rings (SSSR count). The van der Waals surface area contributed by atoms with Gasteiger partial charge >= 0.3 is 0 Å². The number of benzene rings is 1. The molecule has 1 fully saturated rings. The Balaban J connectivity index is 2.12. The van der Waals surface area contributed by atoms with Crippen molar-refractivity contribution < 1.29 is 9.18 Å². The highest BCUT2D eigenvalue weighted by molar-refractivity contribution is 9.10. The van der Waals surface area contributed by atoms with Gasteiger partial charge in [-0.1, -0.05) is 6.07 Å². The van der Waals surface area contributed by atoms with Crippen molar-refractivity contribution in [1.82, 2.24) is 5.32 Å². The average molecular weight is 321 g/mol. The van der Waals surface area contributed by atoms with Gasteiger partial charge in [-0.05, 0) is 47.3 Å². The van der Waals surface area contributed by atoms with Gasteiger partial charge in [0.1, 0.15) is 5.82 Å². The van der Waals surface area contributed by atoms with Gasteiger partial charge in [-0.2, -0.15) is 0 Å². The number of hydrogen-bond donors (Lipinski definition) is 1. The first-order chi connectivity index (χ1) is 8.09. The van der Waals surface area contributed by atoms with E-state index in [0.717, 1.165) is 19.3 Å². The third-order valence-corrected chi connectivity index (χ3v) is 4.27. The maximum atomic E-state index is 13.3. The molecule has 0 heterocycles. The molecular formula is C12H12BrClFNO. The lowest BCUT2D eigenvalue weighted by atomic mass is 10.1. The van der Waals surface area contributed by atoms with Crippen LogP contribution in [0.25, 0.3) is 0 Å². The van der Waals surface area contributed by atoms with E-state index >= 15 is 0 Å². The van der Waals surface area contributed by atoms with Crippen molar-refractivity contribution in [3.8, 4) is 0 Å². The smallest absolute Gasteiger partial charge is 0.252 e. The molecule has 1 N–H and O–H groups in total. The predicted molar refractivity (Wildman–Crippen MR) is 68.8 cm³/mol. The van der Waals surface area contributed by atoms with E-state index in [2.05, 4.69) is 21.2 Å². The molecule has 1 saturated carbocycles. The largest absolute Gasteiger partial charge is 0.348 e. The van der Waals surface area contributed by atoms with Crippen LogP contribution in [0.15, 0.2) is 22.7 Å². The third kappa shape index (κ3) is 2.80. The average Bonchev–Trinajstić information content (AvgIpc) is 2.68. The molecule has 0 spiro atoms. The summed E-state index contributed by atoms with van der Waals surface area (Å²) in [6, 6.07) is 4.39. The van der Waals surface area contributed by atoms with Gasteiger partial charge in [0.2, 0.25) is 0 Å². The summed E-state index contributed by atoms with van der Waals surface area (Å²) in [4.78, 5) is 12.0. The van der Waals surface area contributed by atoms with Gasteiger partial charge in [0.05, 0.1) is 15.4 Å². The minimum absolute atomic E-state index is 0.0145. The van der Waals surface area contributed by atoms with E-state index < -0.39 is 5.82 Å². The maximum Gasteiger partial charge on any atom is 0.252 e. The summed E-state index contributed by atoms with van der Waals surface area (Å²) in [6.45, 7) is 0. The van der Waals surface area contributed by atoms with Crippen LogP contribution in [0.2, 0.25) is 0 Å². The van der Waals surface area contributed by atoms with E-state index in [4.69, 9.17) is 11.6 Å². The molecule has 0 bridgehead atoms. The highest BCUT2D eigenvalue weighted by atomic mass is 79.9. The predicted octanol–water partition coefficient (Wildman–Crippen LogP) is 3.48. The fraction of sp³-hybridized carbons (Fsp3) is 0.417. The second-order valence-corrected chi connectivity index (χ2v) is 5.48. The van der Waals surface area contributed by atoms with E-state index in [1.807, 2.05) is 0 Å². The summed E-state index contributed by atoms with van der Waals surface area (Å²) in [6.07, 6.45) is 2.81. The van der Waals surface area contributed by atoms with Crippen LogP contribution >= 0.6 is 27.5 Å². The molecule has 17 heavy (non-hydrogen) atoms.